The van der Waals surface area contributed by atoms with Crippen LogP contribution in [0.4, 0.5) is 0 Å². The molecule has 2 aromatic rings. The number of hydrogen-bond donors (Lipinski definition) is 0. The summed E-state index contributed by atoms with van der Waals surface area (Å²) in [4.78, 5) is 12.5. The van der Waals surface area contributed by atoms with E-state index >= 15 is 0 Å². The van der Waals surface area contributed by atoms with E-state index in [9.17, 15) is 4.79 Å². The van der Waals surface area contributed by atoms with Crippen LogP contribution < -0.4 is 0 Å². The summed E-state index contributed by atoms with van der Waals surface area (Å²) in [5.41, 5.74) is 2.32. The average Bonchev–Trinajstić information content (AvgIpc) is 2.40. The van der Waals surface area contributed by atoms with Crippen molar-refractivity contribution in [3.63, 3.8) is 0 Å². The molecule has 0 spiro atoms. The van der Waals surface area contributed by atoms with Gasteiger partial charge in [0.15, 0.2) is 5.78 Å². The quantitative estimate of drug-likeness (QED) is 0.391. The van der Waals surface area contributed by atoms with Gasteiger partial charge in [-0.1, -0.05) is 60.7 Å². The zero-order chi connectivity index (χ0) is 13.0. The van der Waals surface area contributed by atoms with E-state index in [2.05, 4.69) is 38.5 Å². The summed E-state index contributed by atoms with van der Waals surface area (Å²) in [5, 5.41) is 0. The first-order chi connectivity index (χ1) is 8.70. The molecule has 0 radical (unpaired) electrons. The maximum absolute atomic E-state index is 12.5. The molecule has 2 aromatic carbocycles. The van der Waals surface area contributed by atoms with E-state index in [0.29, 0.717) is 11.1 Å². The van der Waals surface area contributed by atoms with Crippen LogP contribution in [0.5, 0.6) is 0 Å². The number of carbonyl (C=O) groups excluding carboxylic acids is 1. The number of rotatable bonds is 3. The number of halogens is 2. The van der Waals surface area contributed by atoms with Crippen molar-refractivity contribution in [3.8, 4) is 0 Å². The molecule has 0 amide bonds. The fraction of sp³-hybridized carbons (Fsp3) is 0. The van der Waals surface area contributed by atoms with Crippen LogP contribution in [0.1, 0.15) is 15.9 Å². The Balaban J connectivity index is 2.47. The van der Waals surface area contributed by atoms with Gasteiger partial charge in [-0.15, -0.1) is 0 Å². The second kappa shape index (κ2) is 6.29. The van der Waals surface area contributed by atoms with Crippen LogP contribution in [0, 0.1) is 0 Å². The summed E-state index contributed by atoms with van der Waals surface area (Å²) in [6, 6.07) is 19.0. The first-order valence-corrected chi connectivity index (χ1v) is 7.28. The van der Waals surface area contributed by atoms with Gasteiger partial charge >= 0.3 is 0 Å². The molecule has 0 saturated carbocycles. The second-order valence-electron chi connectivity index (χ2n) is 3.70. The molecule has 3 heteroatoms. The largest absolute Gasteiger partial charge is 0.289 e. The molecule has 18 heavy (non-hydrogen) atoms. The van der Waals surface area contributed by atoms with Crippen LogP contribution in [-0.4, -0.2) is 5.78 Å². The lowest BCUT2D eigenvalue weighted by molar-refractivity contribution is 0.105. The van der Waals surface area contributed by atoms with Crippen molar-refractivity contribution in [1.82, 2.24) is 0 Å². The van der Waals surface area contributed by atoms with Crippen molar-refractivity contribution in [2.45, 2.75) is 0 Å². The molecule has 0 bridgehead atoms. The SMILES string of the molecule is O=C(/C(=C(/Br)I)c1ccccc1)c1ccccc1. The van der Waals surface area contributed by atoms with Crippen LogP contribution in [0.3, 0.4) is 0 Å². The standard InChI is InChI=1S/C15H10BrIO/c16-15(17)13(11-7-3-1-4-8-11)14(18)12-9-5-2-6-10-12/h1-10H/b15-13-. The Bertz CT molecular complexity index is 572. The highest BCUT2D eigenvalue weighted by Crippen LogP contribution is 2.30. The number of hydrogen-bond acceptors (Lipinski definition) is 1. The van der Waals surface area contributed by atoms with E-state index in [-0.39, 0.29) is 5.78 Å². The van der Waals surface area contributed by atoms with E-state index in [1.54, 1.807) is 0 Å². The molecule has 0 aliphatic heterocycles. The molecule has 90 valence electrons. The summed E-state index contributed by atoms with van der Waals surface area (Å²) >= 11 is 5.55. The number of benzene rings is 2. The minimum absolute atomic E-state index is 0.0306. The number of Topliss-reactive ketones (excluding diaryl/α,β-unsaturated/α-hetero) is 1. The third-order valence-electron chi connectivity index (χ3n) is 2.51. The maximum Gasteiger partial charge on any atom is 0.195 e. The predicted octanol–water partition coefficient (Wildman–Crippen LogP) is 5.07. The van der Waals surface area contributed by atoms with Crippen LogP contribution in [0.25, 0.3) is 5.57 Å². The highest BCUT2D eigenvalue weighted by atomic mass is 127. The van der Waals surface area contributed by atoms with E-state index < -0.39 is 0 Å². The summed E-state index contributed by atoms with van der Waals surface area (Å²) in [6.07, 6.45) is 0. The smallest absolute Gasteiger partial charge is 0.195 e. The van der Waals surface area contributed by atoms with Gasteiger partial charge in [0.2, 0.25) is 0 Å². The van der Waals surface area contributed by atoms with Gasteiger partial charge in [0.05, 0.1) is 8.06 Å². The van der Waals surface area contributed by atoms with Gasteiger partial charge in [-0.3, -0.25) is 4.79 Å². The summed E-state index contributed by atoms with van der Waals surface area (Å²) < 4.78 is 0.820. The van der Waals surface area contributed by atoms with Crippen molar-refractivity contribution in [2.24, 2.45) is 0 Å². The summed E-state index contributed by atoms with van der Waals surface area (Å²) in [5.74, 6) is 0.0306. The maximum atomic E-state index is 12.5. The second-order valence-corrected chi connectivity index (χ2v) is 7.05. The lowest BCUT2D eigenvalue weighted by Crippen LogP contribution is -2.03. The molecule has 0 fully saturated rings. The lowest BCUT2D eigenvalue weighted by atomic mass is 9.98. The van der Waals surface area contributed by atoms with Crippen molar-refractivity contribution in [3.05, 3.63) is 74.3 Å². The summed E-state index contributed by atoms with van der Waals surface area (Å²) in [6.45, 7) is 0. The highest BCUT2D eigenvalue weighted by molar-refractivity contribution is 14.1. The van der Waals surface area contributed by atoms with Crippen LogP contribution in [0.15, 0.2) is 63.2 Å². The van der Waals surface area contributed by atoms with Crippen molar-refractivity contribution < 1.29 is 4.79 Å². The Labute approximate surface area is 128 Å². The van der Waals surface area contributed by atoms with Crippen LogP contribution >= 0.6 is 38.5 Å². The lowest BCUT2D eigenvalue weighted by Gasteiger charge is -2.07. The van der Waals surface area contributed by atoms with E-state index in [0.717, 1.165) is 8.05 Å². The zero-order valence-electron chi connectivity index (χ0n) is 9.44. The first kappa shape index (κ1) is 13.5. The molecular formula is C15H10BrIO. The third kappa shape index (κ3) is 3.09. The molecule has 1 nitrogen and oxygen atoms in total. The number of carbonyl (C=O) groups is 1. The molecular weight excluding hydrogens is 403 g/mol. The Hall–Kier alpha value is -0.940. The zero-order valence-corrected chi connectivity index (χ0v) is 13.2. The van der Waals surface area contributed by atoms with Crippen molar-refractivity contribution in [2.75, 3.05) is 0 Å². The van der Waals surface area contributed by atoms with E-state index in [1.165, 1.54) is 0 Å². The average molecular weight is 413 g/mol. The van der Waals surface area contributed by atoms with E-state index in [1.807, 2.05) is 60.7 Å². The molecule has 0 aromatic heterocycles. The molecule has 0 saturated heterocycles. The first-order valence-electron chi connectivity index (χ1n) is 5.40. The fourth-order valence-electron chi connectivity index (χ4n) is 1.66. The van der Waals surface area contributed by atoms with Crippen LogP contribution in [0.2, 0.25) is 0 Å². The van der Waals surface area contributed by atoms with E-state index in [4.69, 9.17) is 0 Å². The minimum atomic E-state index is 0.0306. The summed E-state index contributed by atoms with van der Waals surface area (Å²) in [7, 11) is 0. The van der Waals surface area contributed by atoms with Gasteiger partial charge in [0.1, 0.15) is 0 Å². The molecule has 0 aliphatic carbocycles. The Kier molecular flexibility index (Phi) is 4.72. The predicted molar refractivity (Wildman–Crippen MR) is 87.1 cm³/mol. The van der Waals surface area contributed by atoms with Gasteiger partial charge in [0, 0.05) is 5.56 Å². The van der Waals surface area contributed by atoms with Crippen molar-refractivity contribution in [1.29, 1.82) is 0 Å². The van der Waals surface area contributed by atoms with Gasteiger partial charge in [-0.2, -0.15) is 0 Å². The molecule has 0 unspecified atom stereocenters. The fourth-order valence-corrected chi connectivity index (χ4v) is 2.63. The number of allylic oxidation sites excluding steroid dienone is 1. The van der Waals surface area contributed by atoms with Gasteiger partial charge in [-0.05, 0) is 44.1 Å². The van der Waals surface area contributed by atoms with Gasteiger partial charge in [0.25, 0.3) is 0 Å². The van der Waals surface area contributed by atoms with Crippen molar-refractivity contribution >= 4 is 49.9 Å². The third-order valence-corrected chi connectivity index (χ3v) is 3.45. The molecule has 0 N–H and O–H groups in total. The molecule has 0 heterocycles. The molecule has 2 rings (SSSR count). The Morgan fingerprint density at radius 2 is 1.28 bits per heavy atom. The Morgan fingerprint density at radius 1 is 0.833 bits per heavy atom. The molecule has 0 atom stereocenters. The normalized spacial score (nSPS) is 11.9. The molecule has 0 aliphatic rings. The monoisotopic (exact) mass is 412 g/mol. The van der Waals surface area contributed by atoms with Gasteiger partial charge in [-0.25, -0.2) is 0 Å². The van der Waals surface area contributed by atoms with Crippen LogP contribution in [-0.2, 0) is 0 Å². The minimum Gasteiger partial charge on any atom is -0.289 e. The van der Waals surface area contributed by atoms with Gasteiger partial charge < -0.3 is 0 Å². The Morgan fingerprint density at radius 3 is 1.72 bits per heavy atom. The highest BCUT2D eigenvalue weighted by Gasteiger charge is 2.16. The number of ketones is 1. The topological polar surface area (TPSA) is 17.1 Å².